The molecule has 0 aliphatic carbocycles. The van der Waals surface area contributed by atoms with Crippen molar-refractivity contribution in [2.45, 2.75) is 25.2 Å². The normalized spacial score (nSPS) is 10.2. The van der Waals surface area contributed by atoms with E-state index in [4.69, 9.17) is 4.74 Å². The second-order valence-corrected chi connectivity index (χ2v) is 5.75. The Hall–Kier alpha value is -1.26. The van der Waals surface area contributed by atoms with Gasteiger partial charge in [-0.3, -0.25) is 4.79 Å². The van der Waals surface area contributed by atoms with Crippen LogP contribution < -0.4 is 5.32 Å². The van der Waals surface area contributed by atoms with E-state index in [2.05, 4.69) is 25.2 Å². The van der Waals surface area contributed by atoms with Gasteiger partial charge in [-0.1, -0.05) is 23.8 Å². The fourth-order valence-electron chi connectivity index (χ4n) is 1.59. The van der Waals surface area contributed by atoms with Crippen molar-refractivity contribution in [3.63, 3.8) is 0 Å². The standard InChI is InChI=1S/C16H23NO2S/c1-13(2)9-12-20-15-8-5-4-7-14(15)16(18)17-10-6-11-19-3/h4-5,7-9H,6,10-12H2,1-3H3,(H,17,18). The fourth-order valence-corrected chi connectivity index (χ4v) is 2.68. The van der Waals surface area contributed by atoms with Crippen molar-refractivity contribution in [1.29, 1.82) is 0 Å². The highest BCUT2D eigenvalue weighted by atomic mass is 32.2. The Bertz CT molecular complexity index is 454. The maximum Gasteiger partial charge on any atom is 0.252 e. The molecule has 110 valence electrons. The summed E-state index contributed by atoms with van der Waals surface area (Å²) >= 11 is 1.69. The van der Waals surface area contributed by atoms with Crippen LogP contribution in [0, 0.1) is 0 Å². The molecule has 0 bridgehead atoms. The van der Waals surface area contributed by atoms with Crippen molar-refractivity contribution < 1.29 is 9.53 Å². The number of hydrogen-bond acceptors (Lipinski definition) is 3. The third kappa shape index (κ3) is 6.26. The molecule has 1 aromatic rings. The van der Waals surface area contributed by atoms with Crippen LogP contribution in [0.5, 0.6) is 0 Å². The van der Waals surface area contributed by atoms with E-state index in [-0.39, 0.29) is 5.91 Å². The Morgan fingerprint density at radius 1 is 1.35 bits per heavy atom. The van der Waals surface area contributed by atoms with Gasteiger partial charge in [0.15, 0.2) is 0 Å². The van der Waals surface area contributed by atoms with Gasteiger partial charge in [-0.05, 0) is 32.4 Å². The Balaban J connectivity index is 2.59. The van der Waals surface area contributed by atoms with E-state index in [0.717, 1.165) is 22.6 Å². The molecular weight excluding hydrogens is 270 g/mol. The summed E-state index contributed by atoms with van der Waals surface area (Å²) in [7, 11) is 1.66. The lowest BCUT2D eigenvalue weighted by Gasteiger charge is -2.09. The van der Waals surface area contributed by atoms with Crippen molar-refractivity contribution in [2.75, 3.05) is 26.0 Å². The van der Waals surface area contributed by atoms with Crippen molar-refractivity contribution in [3.05, 3.63) is 41.5 Å². The number of amides is 1. The molecule has 0 atom stereocenters. The van der Waals surface area contributed by atoms with Gasteiger partial charge in [0.25, 0.3) is 5.91 Å². The Labute approximate surface area is 125 Å². The van der Waals surface area contributed by atoms with Gasteiger partial charge in [-0.25, -0.2) is 0 Å². The van der Waals surface area contributed by atoms with Crippen LogP contribution in [0.25, 0.3) is 0 Å². The lowest BCUT2D eigenvalue weighted by atomic mass is 10.2. The SMILES string of the molecule is COCCCNC(=O)c1ccccc1SCC=C(C)C. The second kappa shape index (κ2) is 9.61. The number of allylic oxidation sites excluding steroid dienone is 1. The molecule has 1 aromatic carbocycles. The number of carbonyl (C=O) groups excluding carboxylic acids is 1. The fraction of sp³-hybridized carbons (Fsp3) is 0.438. The minimum Gasteiger partial charge on any atom is -0.385 e. The first-order valence-corrected chi connectivity index (χ1v) is 7.76. The van der Waals surface area contributed by atoms with E-state index in [1.807, 2.05) is 24.3 Å². The van der Waals surface area contributed by atoms with Gasteiger partial charge in [0.2, 0.25) is 0 Å². The number of nitrogens with one attached hydrogen (secondary N) is 1. The van der Waals surface area contributed by atoms with Gasteiger partial charge in [0, 0.05) is 30.9 Å². The Morgan fingerprint density at radius 3 is 2.80 bits per heavy atom. The minimum atomic E-state index is -0.0126. The highest BCUT2D eigenvalue weighted by Crippen LogP contribution is 2.23. The molecule has 3 nitrogen and oxygen atoms in total. The summed E-state index contributed by atoms with van der Waals surface area (Å²) in [5.74, 6) is 0.873. The maximum atomic E-state index is 12.1. The third-order valence-corrected chi connectivity index (χ3v) is 3.67. The van der Waals surface area contributed by atoms with Crippen LogP contribution in [-0.2, 0) is 4.74 Å². The van der Waals surface area contributed by atoms with E-state index in [9.17, 15) is 4.79 Å². The van der Waals surface area contributed by atoms with E-state index >= 15 is 0 Å². The number of hydrogen-bond donors (Lipinski definition) is 1. The zero-order valence-corrected chi connectivity index (χ0v) is 13.3. The molecule has 0 unspecified atom stereocenters. The Kier molecular flexibility index (Phi) is 8.07. The first kappa shape index (κ1) is 16.8. The van der Waals surface area contributed by atoms with Gasteiger partial charge < -0.3 is 10.1 Å². The van der Waals surface area contributed by atoms with Crippen LogP contribution in [0.4, 0.5) is 0 Å². The van der Waals surface area contributed by atoms with Crippen molar-refractivity contribution in [2.24, 2.45) is 0 Å². The van der Waals surface area contributed by atoms with E-state index in [1.54, 1.807) is 18.9 Å². The highest BCUT2D eigenvalue weighted by molar-refractivity contribution is 7.99. The average Bonchev–Trinajstić information content (AvgIpc) is 2.43. The summed E-state index contributed by atoms with van der Waals surface area (Å²) in [5.41, 5.74) is 2.04. The predicted molar refractivity (Wildman–Crippen MR) is 85.4 cm³/mol. The van der Waals surface area contributed by atoms with Crippen LogP contribution >= 0.6 is 11.8 Å². The zero-order chi connectivity index (χ0) is 14.8. The molecule has 0 saturated heterocycles. The summed E-state index contributed by atoms with van der Waals surface area (Å²) in [6, 6.07) is 7.73. The van der Waals surface area contributed by atoms with E-state index in [1.165, 1.54) is 5.57 Å². The molecule has 0 aromatic heterocycles. The number of thioether (sulfide) groups is 1. The number of benzene rings is 1. The molecule has 1 N–H and O–H groups in total. The summed E-state index contributed by atoms with van der Waals surface area (Å²) in [6.07, 6.45) is 2.99. The molecule has 0 radical (unpaired) electrons. The number of carbonyl (C=O) groups is 1. The highest BCUT2D eigenvalue weighted by Gasteiger charge is 2.10. The molecule has 0 aliphatic rings. The summed E-state index contributed by atoms with van der Waals surface area (Å²) in [6.45, 7) is 5.46. The first-order chi connectivity index (χ1) is 9.65. The molecule has 4 heteroatoms. The molecular formula is C16H23NO2S. The van der Waals surface area contributed by atoms with Crippen molar-refractivity contribution in [1.82, 2.24) is 5.32 Å². The number of ether oxygens (including phenoxy) is 1. The van der Waals surface area contributed by atoms with E-state index < -0.39 is 0 Å². The van der Waals surface area contributed by atoms with Gasteiger partial charge >= 0.3 is 0 Å². The maximum absolute atomic E-state index is 12.1. The molecule has 0 fully saturated rings. The minimum absolute atomic E-state index is 0.0126. The van der Waals surface area contributed by atoms with Crippen molar-refractivity contribution in [3.8, 4) is 0 Å². The molecule has 0 aliphatic heterocycles. The quantitative estimate of drug-likeness (QED) is 0.453. The third-order valence-electron chi connectivity index (χ3n) is 2.67. The van der Waals surface area contributed by atoms with Crippen LogP contribution in [0.15, 0.2) is 40.8 Å². The lowest BCUT2D eigenvalue weighted by molar-refractivity contribution is 0.0945. The van der Waals surface area contributed by atoms with Crippen LogP contribution in [0.1, 0.15) is 30.6 Å². The number of methoxy groups -OCH3 is 1. The Morgan fingerprint density at radius 2 is 2.10 bits per heavy atom. The predicted octanol–water partition coefficient (Wildman–Crippen LogP) is 3.51. The largest absolute Gasteiger partial charge is 0.385 e. The molecule has 1 rings (SSSR count). The van der Waals surface area contributed by atoms with Crippen molar-refractivity contribution >= 4 is 17.7 Å². The van der Waals surface area contributed by atoms with Crippen LogP contribution in [-0.4, -0.2) is 31.9 Å². The first-order valence-electron chi connectivity index (χ1n) is 6.77. The smallest absolute Gasteiger partial charge is 0.252 e. The van der Waals surface area contributed by atoms with Gasteiger partial charge in [0.05, 0.1) is 5.56 Å². The molecule has 0 saturated carbocycles. The summed E-state index contributed by atoms with van der Waals surface area (Å²) < 4.78 is 4.97. The van der Waals surface area contributed by atoms with Crippen LogP contribution in [0.2, 0.25) is 0 Å². The summed E-state index contributed by atoms with van der Waals surface area (Å²) in [5, 5.41) is 2.93. The van der Waals surface area contributed by atoms with Gasteiger partial charge in [-0.2, -0.15) is 0 Å². The monoisotopic (exact) mass is 293 g/mol. The average molecular weight is 293 g/mol. The molecule has 0 heterocycles. The molecule has 20 heavy (non-hydrogen) atoms. The lowest BCUT2D eigenvalue weighted by Crippen LogP contribution is -2.25. The second-order valence-electron chi connectivity index (χ2n) is 4.69. The topological polar surface area (TPSA) is 38.3 Å². The summed E-state index contributed by atoms with van der Waals surface area (Å²) in [4.78, 5) is 13.2. The van der Waals surface area contributed by atoms with Gasteiger partial charge in [-0.15, -0.1) is 11.8 Å². The molecule has 1 amide bonds. The van der Waals surface area contributed by atoms with E-state index in [0.29, 0.717) is 13.2 Å². The van der Waals surface area contributed by atoms with Crippen LogP contribution in [0.3, 0.4) is 0 Å². The number of rotatable bonds is 8. The van der Waals surface area contributed by atoms with Gasteiger partial charge in [0.1, 0.15) is 0 Å². The zero-order valence-electron chi connectivity index (χ0n) is 12.4. The molecule has 0 spiro atoms.